The normalized spacial score (nSPS) is 12.1. The highest BCUT2D eigenvalue weighted by Gasteiger charge is 2.12. The lowest BCUT2D eigenvalue weighted by Crippen LogP contribution is -2.43. The fraction of sp³-hybridized carbons (Fsp3) is 0.750. The second-order valence-electron chi connectivity index (χ2n) is 12.7. The number of urea groups is 1. The van der Waals surface area contributed by atoms with E-state index in [2.05, 4.69) is 73.1 Å². The van der Waals surface area contributed by atoms with Crippen LogP contribution in [0, 0.1) is 0 Å². The molecule has 0 saturated carbocycles. The molecule has 0 atom stereocenters. The molecule has 3 N–H and O–H groups in total. The van der Waals surface area contributed by atoms with Gasteiger partial charge in [-0.2, -0.15) is 0 Å². The zero-order valence-electron chi connectivity index (χ0n) is 29.6. The minimum Gasteiger partial charge on any atom is -0.480 e. The third kappa shape index (κ3) is 36.0. The summed E-state index contributed by atoms with van der Waals surface area (Å²) in [7, 11) is 0. The van der Waals surface area contributed by atoms with Gasteiger partial charge in [-0.15, -0.1) is 0 Å². The number of carbonyl (C=O) groups is 2. The Labute approximate surface area is 278 Å². The molecule has 0 bridgehead atoms. The van der Waals surface area contributed by atoms with Crippen LogP contribution in [0.5, 0.6) is 0 Å². The third-order valence-corrected chi connectivity index (χ3v) is 8.24. The molecule has 0 heterocycles. The number of carbonyl (C=O) groups excluding carboxylic acids is 1. The molecule has 5 heteroatoms. The maximum Gasteiger partial charge on any atom is 0.323 e. The van der Waals surface area contributed by atoms with Crippen molar-refractivity contribution >= 4 is 12.0 Å². The van der Waals surface area contributed by atoms with E-state index in [4.69, 9.17) is 5.11 Å². The van der Waals surface area contributed by atoms with E-state index >= 15 is 0 Å². The van der Waals surface area contributed by atoms with Gasteiger partial charge in [-0.3, -0.25) is 4.79 Å². The first-order valence-corrected chi connectivity index (χ1v) is 19.0. The van der Waals surface area contributed by atoms with Crippen molar-refractivity contribution in [2.75, 3.05) is 6.54 Å². The van der Waals surface area contributed by atoms with Crippen LogP contribution in [0.3, 0.4) is 0 Å². The zero-order valence-corrected chi connectivity index (χ0v) is 29.6. The van der Waals surface area contributed by atoms with Gasteiger partial charge in [0.1, 0.15) is 6.54 Å². The molecule has 0 saturated heterocycles. The Morgan fingerprint density at radius 1 is 0.511 bits per heavy atom. The molecule has 0 aromatic rings. The maximum atomic E-state index is 12.2. The van der Waals surface area contributed by atoms with Crippen LogP contribution in [-0.4, -0.2) is 29.7 Å². The first-order valence-electron chi connectivity index (χ1n) is 19.0. The number of carboxylic acid groups (broad SMARTS) is 1. The van der Waals surface area contributed by atoms with Crippen molar-refractivity contribution < 1.29 is 14.7 Å². The molecule has 0 aliphatic carbocycles. The summed E-state index contributed by atoms with van der Waals surface area (Å²) in [5.41, 5.74) is 0. The lowest BCUT2D eigenvalue weighted by Gasteiger charge is -2.19. The standard InChI is InChI=1S/C40H72N2O3/c1-3-5-7-9-11-13-15-17-19-21-23-25-27-29-31-33-35-38(42-40(45)41-37-39(43)44)36-34-32-30-28-26-24-22-20-18-16-14-12-10-8-6-4-2/h11-14,17-20,38H,3-10,15-16,21-37H2,1-2H3,(H,43,44)(H2,41,42,45)/b13-11-,14-12-,19-17-,20-18-. The Balaban J connectivity index is 3.97. The largest absolute Gasteiger partial charge is 0.480 e. The molecule has 0 fully saturated rings. The summed E-state index contributed by atoms with van der Waals surface area (Å²) in [4.78, 5) is 23.0. The molecule has 0 radical (unpaired) electrons. The third-order valence-electron chi connectivity index (χ3n) is 8.24. The Bertz CT molecular complexity index is 724. The Hall–Kier alpha value is -2.30. The molecule has 0 aromatic carbocycles. The molecular weight excluding hydrogens is 556 g/mol. The number of rotatable bonds is 33. The second-order valence-corrected chi connectivity index (χ2v) is 12.7. The van der Waals surface area contributed by atoms with Crippen molar-refractivity contribution in [2.24, 2.45) is 0 Å². The fourth-order valence-corrected chi connectivity index (χ4v) is 5.44. The molecule has 45 heavy (non-hydrogen) atoms. The molecule has 0 spiro atoms. The van der Waals surface area contributed by atoms with Crippen molar-refractivity contribution in [2.45, 2.75) is 187 Å². The first kappa shape index (κ1) is 42.7. The van der Waals surface area contributed by atoms with Gasteiger partial charge in [0.15, 0.2) is 0 Å². The Kier molecular flexibility index (Phi) is 34.3. The molecule has 0 unspecified atom stereocenters. The number of unbranched alkanes of at least 4 members (excludes halogenated alkanes) is 18. The van der Waals surface area contributed by atoms with E-state index in [-0.39, 0.29) is 18.6 Å². The van der Waals surface area contributed by atoms with Gasteiger partial charge in [-0.05, 0) is 77.0 Å². The van der Waals surface area contributed by atoms with Crippen LogP contribution < -0.4 is 10.6 Å². The fourth-order valence-electron chi connectivity index (χ4n) is 5.44. The van der Waals surface area contributed by atoms with E-state index in [0.29, 0.717) is 0 Å². The molecule has 0 aliphatic rings. The predicted octanol–water partition coefficient (Wildman–Crippen LogP) is 12.1. The molecule has 5 nitrogen and oxygen atoms in total. The van der Waals surface area contributed by atoms with Crippen molar-refractivity contribution in [3.63, 3.8) is 0 Å². The summed E-state index contributed by atoms with van der Waals surface area (Å²) in [5.74, 6) is -1.02. The summed E-state index contributed by atoms with van der Waals surface area (Å²) < 4.78 is 0. The molecule has 260 valence electrons. The van der Waals surface area contributed by atoms with E-state index in [1.807, 2.05) is 0 Å². The number of nitrogens with one attached hydrogen (secondary N) is 2. The molecular formula is C40H72N2O3. The Morgan fingerprint density at radius 2 is 0.867 bits per heavy atom. The van der Waals surface area contributed by atoms with Gasteiger partial charge in [0.05, 0.1) is 0 Å². The summed E-state index contributed by atoms with van der Waals surface area (Å²) >= 11 is 0. The monoisotopic (exact) mass is 629 g/mol. The molecule has 0 aliphatic heterocycles. The van der Waals surface area contributed by atoms with E-state index in [9.17, 15) is 9.59 Å². The van der Waals surface area contributed by atoms with Gasteiger partial charge in [0.2, 0.25) is 0 Å². The number of hydrogen-bond donors (Lipinski definition) is 3. The highest BCUT2D eigenvalue weighted by atomic mass is 16.4. The second kappa shape index (κ2) is 36.2. The average molecular weight is 629 g/mol. The first-order chi connectivity index (χ1) is 22.1. The van der Waals surface area contributed by atoms with E-state index < -0.39 is 5.97 Å². The maximum absolute atomic E-state index is 12.2. The summed E-state index contributed by atoms with van der Waals surface area (Å²) in [5, 5.41) is 14.4. The van der Waals surface area contributed by atoms with Crippen molar-refractivity contribution in [1.82, 2.24) is 10.6 Å². The van der Waals surface area contributed by atoms with Crippen molar-refractivity contribution in [1.29, 1.82) is 0 Å². The SMILES string of the molecule is CCCCC/C=C\C/C=C\CCCCCCCCC(CCCCCCCC/C=C\C/C=C\CCCCC)NC(=O)NCC(=O)O. The summed E-state index contributed by atoms with van der Waals surface area (Å²) in [6.07, 6.45) is 49.9. The topological polar surface area (TPSA) is 78.4 Å². The summed E-state index contributed by atoms with van der Waals surface area (Å²) in [6, 6.07) is -0.238. The minimum absolute atomic E-state index is 0.121. The van der Waals surface area contributed by atoms with Gasteiger partial charge in [0.25, 0.3) is 0 Å². The van der Waals surface area contributed by atoms with Crippen molar-refractivity contribution in [3.8, 4) is 0 Å². The van der Waals surface area contributed by atoms with Crippen LogP contribution in [0.4, 0.5) is 4.79 Å². The average Bonchev–Trinajstić information content (AvgIpc) is 3.03. The van der Waals surface area contributed by atoms with Crippen LogP contribution in [0.2, 0.25) is 0 Å². The van der Waals surface area contributed by atoms with Crippen LogP contribution in [0.15, 0.2) is 48.6 Å². The highest BCUT2D eigenvalue weighted by Crippen LogP contribution is 2.15. The zero-order chi connectivity index (χ0) is 32.9. The molecule has 0 aromatic heterocycles. The quantitative estimate of drug-likeness (QED) is 0.0500. The van der Waals surface area contributed by atoms with Gasteiger partial charge in [-0.25, -0.2) is 4.79 Å². The highest BCUT2D eigenvalue weighted by molar-refractivity contribution is 5.79. The summed E-state index contributed by atoms with van der Waals surface area (Å²) in [6.45, 7) is 4.16. The smallest absolute Gasteiger partial charge is 0.323 e. The van der Waals surface area contributed by atoms with E-state index in [1.165, 1.54) is 128 Å². The number of aliphatic carboxylic acids is 1. The predicted molar refractivity (Wildman–Crippen MR) is 196 cm³/mol. The lowest BCUT2D eigenvalue weighted by molar-refractivity contribution is -0.135. The van der Waals surface area contributed by atoms with Crippen LogP contribution in [0.1, 0.15) is 181 Å². The number of allylic oxidation sites excluding steroid dienone is 8. The van der Waals surface area contributed by atoms with Gasteiger partial charge in [-0.1, -0.05) is 152 Å². The van der Waals surface area contributed by atoms with Crippen molar-refractivity contribution in [3.05, 3.63) is 48.6 Å². The van der Waals surface area contributed by atoms with Gasteiger partial charge < -0.3 is 15.7 Å². The van der Waals surface area contributed by atoms with Gasteiger partial charge >= 0.3 is 12.0 Å². The van der Waals surface area contributed by atoms with Crippen LogP contribution >= 0.6 is 0 Å². The minimum atomic E-state index is -1.02. The number of amides is 2. The van der Waals surface area contributed by atoms with Crippen LogP contribution in [-0.2, 0) is 4.79 Å². The number of hydrogen-bond acceptors (Lipinski definition) is 2. The lowest BCUT2D eigenvalue weighted by atomic mass is 10.00. The molecule has 0 rings (SSSR count). The Morgan fingerprint density at radius 3 is 1.24 bits per heavy atom. The van der Waals surface area contributed by atoms with Gasteiger partial charge in [0, 0.05) is 6.04 Å². The van der Waals surface area contributed by atoms with E-state index in [1.54, 1.807) is 0 Å². The van der Waals surface area contributed by atoms with Crippen LogP contribution in [0.25, 0.3) is 0 Å². The van der Waals surface area contributed by atoms with E-state index in [0.717, 1.165) is 38.5 Å². The number of carboxylic acids is 1. The molecule has 2 amide bonds.